The van der Waals surface area contributed by atoms with Crippen LogP contribution in [0.4, 0.5) is 0 Å². The molecule has 0 heterocycles. The van der Waals surface area contributed by atoms with Crippen LogP contribution in [0.25, 0.3) is 0 Å². The van der Waals surface area contributed by atoms with Crippen LogP contribution in [0.3, 0.4) is 0 Å². The van der Waals surface area contributed by atoms with E-state index in [2.05, 4.69) is 6.92 Å². The largest absolute Gasteiger partial charge is 0.346 e. The smallest absolute Gasteiger partial charge is 0.0683 e. The van der Waals surface area contributed by atoms with E-state index in [1.165, 1.54) is 0 Å². The van der Waals surface area contributed by atoms with Crippen LogP contribution in [0.5, 0.6) is 0 Å². The molecule has 0 spiro atoms. The second-order valence-electron chi connectivity index (χ2n) is 0. The molecular formula is C5H15-. The van der Waals surface area contributed by atoms with Crippen molar-refractivity contribution in [3.63, 3.8) is 0 Å². The summed E-state index contributed by atoms with van der Waals surface area (Å²) in [6, 6.07) is 0. The summed E-state index contributed by atoms with van der Waals surface area (Å²) in [7, 11) is 0. The Balaban J connectivity index is -0.0000000133. The Labute approximate surface area is 36.2 Å². The van der Waals surface area contributed by atoms with Crippen molar-refractivity contribution in [3.05, 3.63) is 6.92 Å². The van der Waals surface area contributed by atoms with Crippen molar-refractivity contribution < 1.29 is 0 Å². The topological polar surface area (TPSA) is 0 Å². The van der Waals surface area contributed by atoms with Crippen LogP contribution in [0.2, 0.25) is 0 Å². The number of hydrogen-bond acceptors (Lipinski definition) is 0. The van der Waals surface area contributed by atoms with Crippen LogP contribution in [-0.4, -0.2) is 0 Å². The van der Waals surface area contributed by atoms with Gasteiger partial charge in [-0.05, 0) is 0 Å². The quantitative estimate of drug-likeness (QED) is 0.388. The summed E-state index contributed by atoms with van der Waals surface area (Å²) in [6.45, 7) is 9.00. The summed E-state index contributed by atoms with van der Waals surface area (Å²) in [5, 5.41) is 0. The Hall–Kier alpha value is 0. The zero-order valence-electron chi connectivity index (χ0n) is 3.71. The molecule has 0 radical (unpaired) electrons. The maximum atomic E-state index is 3.25. The highest BCUT2D eigenvalue weighted by Crippen LogP contribution is 1.14. The van der Waals surface area contributed by atoms with Gasteiger partial charge in [0.25, 0.3) is 0 Å². The predicted octanol–water partition coefficient (Wildman–Crippen LogP) is 2.50. The molecule has 0 aromatic heterocycles. The zero-order valence-corrected chi connectivity index (χ0v) is 3.71. The molecule has 0 aromatic rings. The van der Waals surface area contributed by atoms with E-state index in [0.717, 1.165) is 0 Å². The van der Waals surface area contributed by atoms with Gasteiger partial charge in [0.1, 0.15) is 0 Å². The van der Waals surface area contributed by atoms with Gasteiger partial charge in [0.15, 0.2) is 0 Å². The summed E-state index contributed by atoms with van der Waals surface area (Å²) >= 11 is 0. The summed E-state index contributed by atoms with van der Waals surface area (Å²) in [5.41, 5.74) is 0. The maximum Gasteiger partial charge on any atom is -0.0683 e. The monoisotopic (exact) mass is 75.1 g/mol. The lowest BCUT2D eigenvalue weighted by Crippen LogP contribution is -0.888. The molecular weight excluding hydrogens is 60.1 g/mol. The fourth-order valence-electron chi connectivity index (χ4n) is 0. The third-order valence-electron chi connectivity index (χ3n) is 0. The Morgan fingerprint density at radius 2 is 1.00 bits per heavy atom. The molecule has 0 aliphatic rings. The SMILES string of the molecule is C.CC.[CH2-]C. The average molecular weight is 75.2 g/mol. The van der Waals surface area contributed by atoms with E-state index in [1.807, 2.05) is 13.8 Å². The van der Waals surface area contributed by atoms with E-state index in [9.17, 15) is 0 Å². The number of hydrogen-bond donors (Lipinski definition) is 0. The van der Waals surface area contributed by atoms with Gasteiger partial charge in [0.2, 0.25) is 0 Å². The van der Waals surface area contributed by atoms with Crippen molar-refractivity contribution in [1.82, 2.24) is 0 Å². The first kappa shape index (κ1) is 20.0. The molecule has 0 rings (SSSR count). The lowest BCUT2D eigenvalue weighted by atomic mass is 11.0. The highest BCUT2D eigenvalue weighted by molar-refractivity contribution is 3.94. The molecule has 0 heteroatoms. The fraction of sp³-hybridized carbons (Fsp3) is 0.800. The second kappa shape index (κ2) is 0. The van der Waals surface area contributed by atoms with Gasteiger partial charge in [-0.2, -0.15) is 6.92 Å². The van der Waals surface area contributed by atoms with Gasteiger partial charge in [0, 0.05) is 0 Å². The molecule has 0 nitrogen and oxygen atoms in total. The minimum atomic E-state index is 0. The van der Waals surface area contributed by atoms with E-state index >= 15 is 0 Å². The van der Waals surface area contributed by atoms with Crippen molar-refractivity contribution in [2.45, 2.75) is 28.2 Å². The molecule has 0 bridgehead atoms. The molecule has 5 heavy (non-hydrogen) atoms. The van der Waals surface area contributed by atoms with E-state index < -0.39 is 0 Å². The average Bonchev–Trinajstić information content (AvgIpc) is 1.50. The molecule has 0 N–H and O–H groups in total. The molecule has 0 amide bonds. The molecule has 0 aromatic carbocycles. The minimum Gasteiger partial charge on any atom is -0.346 e. The van der Waals surface area contributed by atoms with E-state index in [4.69, 9.17) is 0 Å². The zero-order chi connectivity index (χ0) is 4.00. The lowest BCUT2D eigenvalue weighted by molar-refractivity contribution is 1.50. The van der Waals surface area contributed by atoms with Crippen molar-refractivity contribution in [2.75, 3.05) is 0 Å². The van der Waals surface area contributed by atoms with E-state index in [0.29, 0.717) is 0 Å². The molecule has 36 valence electrons. The molecule has 0 saturated heterocycles. The van der Waals surface area contributed by atoms with Crippen LogP contribution in [0.15, 0.2) is 0 Å². The Kier molecular flexibility index (Phi) is 0. The van der Waals surface area contributed by atoms with Crippen LogP contribution in [-0.2, 0) is 0 Å². The summed E-state index contributed by atoms with van der Waals surface area (Å²) < 4.78 is 0. The van der Waals surface area contributed by atoms with Crippen molar-refractivity contribution in [2.24, 2.45) is 0 Å². The predicted molar refractivity (Wildman–Crippen MR) is 29.1 cm³/mol. The van der Waals surface area contributed by atoms with Crippen LogP contribution in [0, 0.1) is 6.92 Å². The fourth-order valence-corrected chi connectivity index (χ4v) is 0. The molecule has 0 saturated carbocycles. The first-order valence-electron chi connectivity index (χ1n) is 1.71. The summed E-state index contributed by atoms with van der Waals surface area (Å²) in [5.74, 6) is 0. The van der Waals surface area contributed by atoms with Gasteiger partial charge in [0.05, 0.1) is 0 Å². The van der Waals surface area contributed by atoms with E-state index in [-0.39, 0.29) is 7.43 Å². The molecule has 0 aliphatic carbocycles. The van der Waals surface area contributed by atoms with Crippen molar-refractivity contribution in [1.29, 1.82) is 0 Å². The van der Waals surface area contributed by atoms with E-state index in [1.54, 1.807) is 6.92 Å². The van der Waals surface area contributed by atoms with Crippen molar-refractivity contribution in [3.8, 4) is 0 Å². The van der Waals surface area contributed by atoms with Gasteiger partial charge >= 0.3 is 0 Å². The molecule has 0 unspecified atom stereocenters. The molecule has 0 fully saturated rings. The third-order valence-corrected chi connectivity index (χ3v) is 0. The highest BCUT2D eigenvalue weighted by atomic mass is 13.0. The Bertz CT molecular complexity index is 0. The van der Waals surface area contributed by atoms with Gasteiger partial charge in [-0.1, -0.05) is 21.3 Å². The third kappa shape index (κ3) is 0. The molecule has 0 atom stereocenters. The minimum absolute atomic E-state index is 0. The standard InChI is InChI=1S/C2H6.C2H5.CH4/c2*1-2;/h1-2H3;1H2,2H3;1H4/q;-1;. The lowest BCUT2D eigenvalue weighted by Gasteiger charge is -1.27. The van der Waals surface area contributed by atoms with Crippen molar-refractivity contribution >= 4 is 0 Å². The normalized spacial score (nSPS) is 2.40. The van der Waals surface area contributed by atoms with Gasteiger partial charge in [-0.25, -0.2) is 0 Å². The Morgan fingerprint density at radius 1 is 1.00 bits per heavy atom. The van der Waals surface area contributed by atoms with Crippen LogP contribution < -0.4 is 0 Å². The highest BCUT2D eigenvalue weighted by Gasteiger charge is 0.932. The Morgan fingerprint density at radius 3 is 1.00 bits per heavy atom. The maximum absolute atomic E-state index is 3.25. The summed E-state index contributed by atoms with van der Waals surface area (Å²) in [4.78, 5) is 0. The summed E-state index contributed by atoms with van der Waals surface area (Å²) in [6.07, 6.45) is 0. The van der Waals surface area contributed by atoms with Crippen LogP contribution >= 0.6 is 0 Å². The van der Waals surface area contributed by atoms with Gasteiger partial charge in [-0.15, -0.1) is 0 Å². The number of rotatable bonds is 0. The second-order valence-corrected chi connectivity index (χ2v) is 0. The van der Waals surface area contributed by atoms with Gasteiger partial charge in [-0.3, -0.25) is 0 Å². The van der Waals surface area contributed by atoms with Gasteiger partial charge < -0.3 is 6.92 Å². The first-order chi connectivity index (χ1) is 2.00. The first-order valence-corrected chi connectivity index (χ1v) is 1.71. The van der Waals surface area contributed by atoms with Crippen LogP contribution in [0.1, 0.15) is 28.2 Å². The molecule has 0 aliphatic heterocycles.